The van der Waals surface area contributed by atoms with Gasteiger partial charge in [0.25, 0.3) is 0 Å². The minimum atomic E-state index is -0.272. The Kier molecular flexibility index (Phi) is 2.41. The maximum absolute atomic E-state index is 10.9. The van der Waals surface area contributed by atoms with E-state index in [9.17, 15) is 4.79 Å². The molecule has 1 amide bonds. The second-order valence-corrected chi connectivity index (χ2v) is 4.30. The highest BCUT2D eigenvalue weighted by molar-refractivity contribution is 6.36. The van der Waals surface area contributed by atoms with Gasteiger partial charge in [-0.05, 0) is 30.0 Å². The SMILES string of the molecule is NC(=O)[C@@H]1C[C@H]1c1c(Cl)cccc1Cl. The first kappa shape index (κ1) is 9.81. The van der Waals surface area contributed by atoms with E-state index in [1.165, 1.54) is 0 Å². The number of hydrogen-bond donors (Lipinski definition) is 1. The molecule has 0 aliphatic heterocycles. The van der Waals surface area contributed by atoms with Crippen LogP contribution in [0, 0.1) is 5.92 Å². The summed E-state index contributed by atoms with van der Waals surface area (Å²) in [5, 5.41) is 1.23. The molecule has 1 fully saturated rings. The third-order valence-corrected chi connectivity index (χ3v) is 3.19. The van der Waals surface area contributed by atoms with Crippen molar-refractivity contribution in [3.63, 3.8) is 0 Å². The number of halogens is 2. The second kappa shape index (κ2) is 3.44. The van der Waals surface area contributed by atoms with E-state index < -0.39 is 0 Å². The summed E-state index contributed by atoms with van der Waals surface area (Å²) in [5.41, 5.74) is 6.06. The van der Waals surface area contributed by atoms with Gasteiger partial charge in [0.15, 0.2) is 0 Å². The van der Waals surface area contributed by atoms with Gasteiger partial charge in [0.2, 0.25) is 5.91 Å². The van der Waals surface area contributed by atoms with Crippen LogP contribution < -0.4 is 5.73 Å². The summed E-state index contributed by atoms with van der Waals surface area (Å²) >= 11 is 12.0. The van der Waals surface area contributed by atoms with Gasteiger partial charge in [-0.3, -0.25) is 4.79 Å². The molecule has 1 saturated carbocycles. The molecule has 2 N–H and O–H groups in total. The van der Waals surface area contributed by atoms with Crippen molar-refractivity contribution in [3.8, 4) is 0 Å². The lowest BCUT2D eigenvalue weighted by molar-refractivity contribution is -0.119. The Morgan fingerprint density at radius 3 is 2.36 bits per heavy atom. The molecule has 0 radical (unpaired) electrons. The highest BCUT2D eigenvalue weighted by Crippen LogP contribution is 2.51. The van der Waals surface area contributed by atoms with Crippen LogP contribution in [0.2, 0.25) is 10.0 Å². The van der Waals surface area contributed by atoms with Gasteiger partial charge in [-0.2, -0.15) is 0 Å². The van der Waals surface area contributed by atoms with Crippen LogP contribution in [0.4, 0.5) is 0 Å². The van der Waals surface area contributed by atoms with Crippen molar-refractivity contribution in [1.29, 1.82) is 0 Å². The summed E-state index contributed by atoms with van der Waals surface area (Å²) < 4.78 is 0. The smallest absolute Gasteiger partial charge is 0.221 e. The summed E-state index contributed by atoms with van der Waals surface area (Å²) in [4.78, 5) is 10.9. The molecule has 1 aliphatic rings. The predicted molar refractivity (Wildman–Crippen MR) is 56.5 cm³/mol. The normalized spacial score (nSPS) is 24.7. The molecule has 74 valence electrons. The molecule has 0 unspecified atom stereocenters. The summed E-state index contributed by atoms with van der Waals surface area (Å²) in [5.74, 6) is -0.243. The Bertz CT molecular complexity index is 371. The number of amides is 1. The van der Waals surface area contributed by atoms with E-state index in [0.29, 0.717) is 10.0 Å². The lowest BCUT2D eigenvalue weighted by atomic mass is 10.1. The first-order chi connectivity index (χ1) is 6.61. The van der Waals surface area contributed by atoms with Crippen LogP contribution in [0.15, 0.2) is 18.2 Å². The van der Waals surface area contributed by atoms with Gasteiger partial charge in [0, 0.05) is 16.0 Å². The number of rotatable bonds is 2. The van der Waals surface area contributed by atoms with Crippen LogP contribution in [-0.4, -0.2) is 5.91 Å². The van der Waals surface area contributed by atoms with Crippen molar-refractivity contribution < 1.29 is 4.79 Å². The summed E-state index contributed by atoms with van der Waals surface area (Å²) in [6, 6.07) is 5.34. The molecule has 2 rings (SSSR count). The van der Waals surface area contributed by atoms with Crippen molar-refractivity contribution in [2.75, 3.05) is 0 Å². The molecule has 2 atom stereocenters. The Hall–Kier alpha value is -0.730. The minimum Gasteiger partial charge on any atom is -0.369 e. The first-order valence-electron chi connectivity index (χ1n) is 4.34. The zero-order valence-corrected chi connectivity index (χ0v) is 8.85. The third kappa shape index (κ3) is 1.60. The average Bonchev–Trinajstić information content (AvgIpc) is 2.83. The van der Waals surface area contributed by atoms with Gasteiger partial charge >= 0.3 is 0 Å². The van der Waals surface area contributed by atoms with Gasteiger partial charge in [0.1, 0.15) is 0 Å². The molecule has 1 aromatic rings. The molecule has 1 aliphatic carbocycles. The van der Waals surface area contributed by atoms with E-state index >= 15 is 0 Å². The van der Waals surface area contributed by atoms with Crippen LogP contribution >= 0.6 is 23.2 Å². The molecular weight excluding hydrogens is 221 g/mol. The second-order valence-electron chi connectivity index (χ2n) is 3.49. The van der Waals surface area contributed by atoms with E-state index in [-0.39, 0.29) is 17.7 Å². The zero-order chi connectivity index (χ0) is 10.3. The number of nitrogens with two attached hydrogens (primary N) is 1. The summed E-state index contributed by atoms with van der Waals surface area (Å²) in [6.45, 7) is 0. The topological polar surface area (TPSA) is 43.1 Å². The fourth-order valence-electron chi connectivity index (χ4n) is 1.69. The molecule has 2 nitrogen and oxygen atoms in total. The summed E-state index contributed by atoms with van der Waals surface area (Å²) in [6.07, 6.45) is 0.763. The van der Waals surface area contributed by atoms with E-state index in [2.05, 4.69) is 0 Å². The molecule has 4 heteroatoms. The number of carbonyl (C=O) groups excluding carboxylic acids is 1. The van der Waals surface area contributed by atoms with Crippen LogP contribution in [0.5, 0.6) is 0 Å². The van der Waals surface area contributed by atoms with Crippen molar-refractivity contribution in [2.45, 2.75) is 12.3 Å². The highest BCUT2D eigenvalue weighted by Gasteiger charge is 2.44. The highest BCUT2D eigenvalue weighted by atomic mass is 35.5. The van der Waals surface area contributed by atoms with Crippen LogP contribution in [0.1, 0.15) is 17.9 Å². The molecule has 1 aromatic carbocycles. The monoisotopic (exact) mass is 229 g/mol. The van der Waals surface area contributed by atoms with Crippen molar-refractivity contribution in [2.24, 2.45) is 11.7 Å². The van der Waals surface area contributed by atoms with E-state index in [1.807, 2.05) is 0 Å². The van der Waals surface area contributed by atoms with E-state index in [4.69, 9.17) is 28.9 Å². The Labute approximate surface area is 92.0 Å². The van der Waals surface area contributed by atoms with Crippen molar-refractivity contribution in [3.05, 3.63) is 33.8 Å². The standard InChI is InChI=1S/C10H9Cl2NO/c11-7-2-1-3-8(12)9(7)5-4-6(5)10(13)14/h1-3,5-6H,4H2,(H2,13,14)/t5-,6-/m1/s1. The molecular formula is C10H9Cl2NO. The predicted octanol–water partition coefficient (Wildman–Crippen LogP) is 2.58. The molecule has 0 spiro atoms. The maximum atomic E-state index is 10.9. The largest absolute Gasteiger partial charge is 0.369 e. The van der Waals surface area contributed by atoms with Gasteiger partial charge in [0.05, 0.1) is 0 Å². The average molecular weight is 230 g/mol. The van der Waals surface area contributed by atoms with Gasteiger partial charge < -0.3 is 5.73 Å². The van der Waals surface area contributed by atoms with Crippen LogP contribution in [0.3, 0.4) is 0 Å². The quantitative estimate of drug-likeness (QED) is 0.833. The number of primary amides is 1. The molecule has 0 bridgehead atoms. The zero-order valence-electron chi connectivity index (χ0n) is 7.34. The lowest BCUT2D eigenvalue weighted by Crippen LogP contribution is -2.13. The number of hydrogen-bond acceptors (Lipinski definition) is 1. The third-order valence-electron chi connectivity index (χ3n) is 2.53. The molecule has 0 aromatic heterocycles. The van der Waals surface area contributed by atoms with Gasteiger partial charge in [-0.15, -0.1) is 0 Å². The van der Waals surface area contributed by atoms with E-state index in [0.717, 1.165) is 12.0 Å². The molecule has 0 saturated heterocycles. The Balaban J connectivity index is 2.31. The van der Waals surface area contributed by atoms with Gasteiger partial charge in [-0.1, -0.05) is 29.3 Å². The maximum Gasteiger partial charge on any atom is 0.221 e. The number of carbonyl (C=O) groups is 1. The molecule has 14 heavy (non-hydrogen) atoms. The molecule has 0 heterocycles. The van der Waals surface area contributed by atoms with Crippen LogP contribution in [-0.2, 0) is 4.79 Å². The van der Waals surface area contributed by atoms with Crippen LogP contribution in [0.25, 0.3) is 0 Å². The Morgan fingerprint density at radius 2 is 1.93 bits per heavy atom. The minimum absolute atomic E-state index is 0.0904. The van der Waals surface area contributed by atoms with Crippen molar-refractivity contribution >= 4 is 29.1 Å². The fourth-order valence-corrected chi connectivity index (χ4v) is 2.37. The fraction of sp³-hybridized carbons (Fsp3) is 0.300. The van der Waals surface area contributed by atoms with E-state index in [1.54, 1.807) is 18.2 Å². The number of benzene rings is 1. The summed E-state index contributed by atoms with van der Waals surface area (Å²) in [7, 11) is 0. The van der Waals surface area contributed by atoms with Gasteiger partial charge in [-0.25, -0.2) is 0 Å². The van der Waals surface area contributed by atoms with Crippen molar-refractivity contribution in [1.82, 2.24) is 0 Å². The lowest BCUT2D eigenvalue weighted by Gasteiger charge is -2.04. The first-order valence-corrected chi connectivity index (χ1v) is 5.10. The Morgan fingerprint density at radius 1 is 1.36 bits per heavy atom.